The number of hydrogen-bond donors (Lipinski definition) is 1. The molecule has 0 spiro atoms. The molecule has 1 N–H and O–H groups in total. The van der Waals surface area contributed by atoms with Gasteiger partial charge in [0, 0.05) is 11.4 Å². The molecule has 1 aliphatic carbocycles. The molecule has 1 aromatic heterocycles. The molecule has 0 aliphatic heterocycles. The zero-order valence-corrected chi connectivity index (χ0v) is 13.7. The minimum absolute atomic E-state index is 0.133. The Bertz CT molecular complexity index is 409. The molecule has 0 atom stereocenters. The van der Waals surface area contributed by atoms with Crippen molar-refractivity contribution in [1.29, 1.82) is 0 Å². The van der Waals surface area contributed by atoms with Crippen LogP contribution in [0, 0.1) is 5.92 Å². The monoisotopic (exact) mass is 293 g/mol. The van der Waals surface area contributed by atoms with Crippen LogP contribution in [0.5, 0.6) is 0 Å². The van der Waals surface area contributed by atoms with Gasteiger partial charge in [-0.3, -0.25) is 4.79 Å². The van der Waals surface area contributed by atoms with E-state index in [-0.39, 0.29) is 5.91 Å². The number of hydrogen-bond acceptors (Lipinski definition) is 2. The number of carbonyl (C=O) groups excluding carboxylic acids is 1. The third-order valence-corrected chi connectivity index (χ3v) is 5.66. The Kier molecular flexibility index (Phi) is 6.08. The van der Waals surface area contributed by atoms with Crippen LogP contribution in [0.4, 0.5) is 0 Å². The van der Waals surface area contributed by atoms with Crippen molar-refractivity contribution in [3.63, 3.8) is 0 Å². The van der Waals surface area contributed by atoms with E-state index in [2.05, 4.69) is 25.2 Å². The zero-order valence-electron chi connectivity index (χ0n) is 12.8. The fourth-order valence-electron chi connectivity index (χ4n) is 2.86. The molecule has 0 radical (unpaired) electrons. The molecule has 0 fully saturated rings. The van der Waals surface area contributed by atoms with E-state index in [1.165, 1.54) is 42.5 Å². The van der Waals surface area contributed by atoms with Gasteiger partial charge in [-0.25, -0.2) is 0 Å². The fourth-order valence-corrected chi connectivity index (χ4v) is 4.03. The van der Waals surface area contributed by atoms with Crippen LogP contribution in [0.2, 0.25) is 0 Å². The molecule has 0 aromatic carbocycles. The van der Waals surface area contributed by atoms with Crippen molar-refractivity contribution in [3.05, 3.63) is 21.4 Å². The Morgan fingerprint density at radius 1 is 1.20 bits per heavy atom. The van der Waals surface area contributed by atoms with Gasteiger partial charge in [-0.05, 0) is 43.2 Å². The van der Waals surface area contributed by atoms with E-state index in [0.717, 1.165) is 30.7 Å². The topological polar surface area (TPSA) is 29.1 Å². The highest BCUT2D eigenvalue weighted by Crippen LogP contribution is 2.28. The van der Waals surface area contributed by atoms with Crippen molar-refractivity contribution in [1.82, 2.24) is 5.32 Å². The molecule has 2 rings (SSSR count). The Labute approximate surface area is 127 Å². The first-order valence-electron chi connectivity index (χ1n) is 8.14. The van der Waals surface area contributed by atoms with Crippen LogP contribution in [0.25, 0.3) is 0 Å². The molecule has 1 heterocycles. The number of thiophene rings is 1. The Balaban J connectivity index is 1.98. The van der Waals surface area contributed by atoms with Crippen LogP contribution in [0.15, 0.2) is 6.07 Å². The van der Waals surface area contributed by atoms with Gasteiger partial charge < -0.3 is 5.32 Å². The number of carbonyl (C=O) groups is 1. The molecule has 20 heavy (non-hydrogen) atoms. The highest BCUT2D eigenvalue weighted by molar-refractivity contribution is 7.14. The van der Waals surface area contributed by atoms with E-state index < -0.39 is 0 Å². The van der Waals surface area contributed by atoms with E-state index in [9.17, 15) is 4.79 Å². The molecule has 1 aromatic rings. The number of amides is 1. The smallest absolute Gasteiger partial charge is 0.261 e. The van der Waals surface area contributed by atoms with Crippen molar-refractivity contribution < 1.29 is 4.79 Å². The summed E-state index contributed by atoms with van der Waals surface area (Å²) in [4.78, 5) is 14.6. The van der Waals surface area contributed by atoms with Crippen molar-refractivity contribution in [2.75, 3.05) is 6.54 Å². The molecule has 0 saturated carbocycles. The van der Waals surface area contributed by atoms with Gasteiger partial charge in [0.15, 0.2) is 0 Å². The Morgan fingerprint density at radius 3 is 2.60 bits per heavy atom. The lowest BCUT2D eigenvalue weighted by molar-refractivity contribution is 0.0950. The molecule has 112 valence electrons. The summed E-state index contributed by atoms with van der Waals surface area (Å²) in [6.45, 7) is 5.20. The highest BCUT2D eigenvalue weighted by Gasteiger charge is 2.16. The van der Waals surface area contributed by atoms with E-state index in [1.807, 2.05) is 0 Å². The molecule has 0 unspecified atom stereocenters. The number of aryl methyl sites for hydroxylation is 2. The molecular weight excluding hydrogens is 266 g/mol. The van der Waals surface area contributed by atoms with Gasteiger partial charge in [-0.1, -0.05) is 39.5 Å². The predicted molar refractivity (Wildman–Crippen MR) is 86.6 cm³/mol. The van der Waals surface area contributed by atoms with Gasteiger partial charge in [0.25, 0.3) is 5.91 Å². The summed E-state index contributed by atoms with van der Waals surface area (Å²) < 4.78 is 0. The number of nitrogens with one attached hydrogen (secondary N) is 1. The van der Waals surface area contributed by atoms with Gasteiger partial charge in [0.1, 0.15) is 0 Å². The van der Waals surface area contributed by atoms with Crippen LogP contribution < -0.4 is 5.32 Å². The van der Waals surface area contributed by atoms with Crippen molar-refractivity contribution in [3.8, 4) is 0 Å². The summed E-state index contributed by atoms with van der Waals surface area (Å²) in [6.07, 6.45) is 9.83. The first-order chi connectivity index (χ1) is 9.74. The lowest BCUT2D eigenvalue weighted by Crippen LogP contribution is -2.28. The molecule has 0 saturated heterocycles. The molecule has 1 amide bonds. The molecule has 2 nitrogen and oxygen atoms in total. The van der Waals surface area contributed by atoms with E-state index in [4.69, 9.17) is 0 Å². The summed E-state index contributed by atoms with van der Waals surface area (Å²) in [5, 5.41) is 3.11. The van der Waals surface area contributed by atoms with Crippen molar-refractivity contribution in [2.24, 2.45) is 5.92 Å². The zero-order chi connectivity index (χ0) is 14.4. The van der Waals surface area contributed by atoms with E-state index >= 15 is 0 Å². The lowest BCUT2D eigenvalue weighted by atomic mass is 10.00. The van der Waals surface area contributed by atoms with Crippen LogP contribution >= 0.6 is 11.3 Å². The van der Waals surface area contributed by atoms with Gasteiger partial charge in [-0.15, -0.1) is 11.3 Å². The normalized spacial score (nSPS) is 15.6. The van der Waals surface area contributed by atoms with Crippen LogP contribution in [0.3, 0.4) is 0 Å². The SMILES string of the molecule is CCC(CC)CNC(=O)c1cc2c(s1)CCCCCC2. The highest BCUT2D eigenvalue weighted by atomic mass is 32.1. The van der Waals surface area contributed by atoms with Gasteiger partial charge in [0.05, 0.1) is 4.88 Å². The van der Waals surface area contributed by atoms with E-state index in [1.54, 1.807) is 11.3 Å². The average molecular weight is 293 g/mol. The number of fused-ring (bicyclic) bond motifs is 1. The Morgan fingerprint density at radius 2 is 1.90 bits per heavy atom. The summed E-state index contributed by atoms with van der Waals surface area (Å²) in [6, 6.07) is 2.15. The van der Waals surface area contributed by atoms with Gasteiger partial charge in [0.2, 0.25) is 0 Å². The quantitative estimate of drug-likeness (QED) is 0.846. The second kappa shape index (κ2) is 7.82. The molecule has 1 aliphatic rings. The number of rotatable bonds is 5. The minimum Gasteiger partial charge on any atom is -0.351 e. The second-order valence-corrected chi connectivity index (χ2v) is 7.00. The lowest BCUT2D eigenvalue weighted by Gasteiger charge is -2.12. The maximum atomic E-state index is 12.3. The first-order valence-corrected chi connectivity index (χ1v) is 8.96. The van der Waals surface area contributed by atoms with Crippen molar-refractivity contribution in [2.45, 2.75) is 65.2 Å². The molecule has 0 bridgehead atoms. The summed E-state index contributed by atoms with van der Waals surface area (Å²) in [5.74, 6) is 0.744. The first kappa shape index (κ1) is 15.6. The molecule has 3 heteroatoms. The minimum atomic E-state index is 0.133. The van der Waals surface area contributed by atoms with Crippen LogP contribution in [0.1, 0.15) is 72.5 Å². The second-order valence-electron chi connectivity index (χ2n) is 5.87. The summed E-state index contributed by atoms with van der Waals surface area (Å²) >= 11 is 1.72. The largest absolute Gasteiger partial charge is 0.351 e. The van der Waals surface area contributed by atoms with Gasteiger partial charge >= 0.3 is 0 Å². The van der Waals surface area contributed by atoms with Crippen LogP contribution in [-0.4, -0.2) is 12.5 Å². The predicted octanol–water partition coefficient (Wildman–Crippen LogP) is 4.57. The van der Waals surface area contributed by atoms with Crippen molar-refractivity contribution >= 4 is 17.2 Å². The van der Waals surface area contributed by atoms with E-state index in [0.29, 0.717) is 5.92 Å². The van der Waals surface area contributed by atoms with Crippen LogP contribution in [-0.2, 0) is 12.8 Å². The summed E-state index contributed by atoms with van der Waals surface area (Å²) in [5.41, 5.74) is 1.43. The third-order valence-electron chi connectivity index (χ3n) is 4.43. The fraction of sp³-hybridized carbons (Fsp3) is 0.706. The standard InChI is InChI=1S/C17H27NOS/c1-3-13(4-2)12-18-17(19)16-11-14-9-7-5-6-8-10-15(14)20-16/h11,13H,3-10,12H2,1-2H3,(H,18,19). The van der Waals surface area contributed by atoms with Gasteiger partial charge in [-0.2, -0.15) is 0 Å². The Hall–Kier alpha value is -0.830. The average Bonchev–Trinajstić information content (AvgIpc) is 2.82. The maximum absolute atomic E-state index is 12.3. The third kappa shape index (κ3) is 4.08. The summed E-state index contributed by atoms with van der Waals surface area (Å²) in [7, 11) is 0. The molecular formula is C17H27NOS. The maximum Gasteiger partial charge on any atom is 0.261 e.